The van der Waals surface area contributed by atoms with Crippen molar-refractivity contribution in [3.8, 4) is 11.5 Å². The molecule has 7 nitrogen and oxygen atoms in total. The fraction of sp³-hybridized carbons (Fsp3) is 0.182. The maximum absolute atomic E-state index is 11.3. The largest absolute Gasteiger partial charge is 0.493 e. The number of non-ortho nitro benzene ring substituents is 1. The number of nitro groups is 1. The van der Waals surface area contributed by atoms with Gasteiger partial charge in [-0.1, -0.05) is 25.1 Å². The molecule has 29 heavy (non-hydrogen) atoms. The quantitative estimate of drug-likeness (QED) is 0.242. The van der Waals surface area contributed by atoms with Crippen LogP contribution in [0.4, 0.5) is 5.69 Å². The molecule has 148 valence electrons. The minimum absolute atomic E-state index is 0.0166. The first kappa shape index (κ1) is 20.0. The molecule has 0 fully saturated rings. The maximum atomic E-state index is 11.3. The molecular weight excluding hydrogens is 372 g/mol. The van der Waals surface area contributed by atoms with Crippen LogP contribution >= 0.6 is 0 Å². The van der Waals surface area contributed by atoms with Crippen LogP contribution in [0.2, 0.25) is 0 Å². The summed E-state index contributed by atoms with van der Waals surface area (Å²) in [6.07, 6.45) is 4.29. The predicted octanol–water partition coefficient (Wildman–Crippen LogP) is 5.03. The third-order valence-electron chi connectivity index (χ3n) is 4.06. The number of hydrogen-bond acceptors (Lipinski definition) is 6. The fourth-order valence-electron chi connectivity index (χ4n) is 2.76. The van der Waals surface area contributed by atoms with Gasteiger partial charge in [0.2, 0.25) is 0 Å². The first-order chi connectivity index (χ1) is 14.0. The third kappa shape index (κ3) is 4.95. The Balaban J connectivity index is 1.98. The van der Waals surface area contributed by atoms with Gasteiger partial charge in [-0.05, 0) is 36.8 Å². The first-order valence-corrected chi connectivity index (χ1v) is 9.15. The number of para-hydroxylation sites is 1. The van der Waals surface area contributed by atoms with Crippen LogP contribution < -0.4 is 9.47 Å². The molecule has 0 saturated heterocycles. The number of rotatable bonds is 7. The number of fused-ring (bicyclic) bond motifs is 1. The smallest absolute Gasteiger partial charge is 0.308 e. The van der Waals surface area contributed by atoms with E-state index >= 15 is 0 Å². The van der Waals surface area contributed by atoms with Gasteiger partial charge in [0.25, 0.3) is 5.69 Å². The van der Waals surface area contributed by atoms with Gasteiger partial charge in [-0.2, -0.15) is 0 Å². The van der Waals surface area contributed by atoms with Crippen LogP contribution in [-0.4, -0.2) is 22.5 Å². The molecule has 0 aliphatic heterocycles. The zero-order chi connectivity index (χ0) is 20.8. The number of nitrogens with zero attached hydrogens (tertiary/aromatic N) is 2. The van der Waals surface area contributed by atoms with E-state index in [2.05, 4.69) is 4.98 Å². The van der Waals surface area contributed by atoms with Gasteiger partial charge in [0.1, 0.15) is 11.3 Å². The molecule has 0 radical (unpaired) electrons. The molecule has 0 atom stereocenters. The van der Waals surface area contributed by atoms with Gasteiger partial charge in [-0.15, -0.1) is 0 Å². The summed E-state index contributed by atoms with van der Waals surface area (Å²) in [5.41, 5.74) is 1.75. The van der Waals surface area contributed by atoms with E-state index < -0.39 is 10.9 Å². The lowest BCUT2D eigenvalue weighted by molar-refractivity contribution is -0.384. The molecule has 2 aromatic carbocycles. The second-order valence-corrected chi connectivity index (χ2v) is 6.32. The van der Waals surface area contributed by atoms with Crippen molar-refractivity contribution < 1.29 is 19.2 Å². The summed E-state index contributed by atoms with van der Waals surface area (Å²) in [6, 6.07) is 13.5. The number of pyridine rings is 1. The number of carbonyl (C=O) groups excluding carboxylic acids is 1. The Kier molecular flexibility index (Phi) is 6.19. The van der Waals surface area contributed by atoms with Crippen LogP contribution in [0, 0.1) is 10.1 Å². The van der Waals surface area contributed by atoms with Crippen molar-refractivity contribution in [3.63, 3.8) is 0 Å². The van der Waals surface area contributed by atoms with E-state index in [4.69, 9.17) is 9.47 Å². The SMILES string of the molecule is CCCOc1ccc([N+](=O)[O-])cc1/C=C/c1ccc2cccc(OC(C)=O)c2n1. The Labute approximate surface area is 167 Å². The zero-order valence-electron chi connectivity index (χ0n) is 16.1. The number of aromatic nitrogens is 1. The molecule has 1 heterocycles. The molecule has 0 amide bonds. The molecule has 0 bridgehead atoms. The van der Waals surface area contributed by atoms with Gasteiger partial charge in [0.05, 0.1) is 17.2 Å². The summed E-state index contributed by atoms with van der Waals surface area (Å²) in [5.74, 6) is 0.525. The molecule has 7 heteroatoms. The Morgan fingerprint density at radius 3 is 2.69 bits per heavy atom. The van der Waals surface area contributed by atoms with Crippen molar-refractivity contribution in [2.24, 2.45) is 0 Å². The first-order valence-electron chi connectivity index (χ1n) is 9.15. The van der Waals surface area contributed by atoms with Gasteiger partial charge in [0, 0.05) is 30.0 Å². The molecule has 1 aromatic heterocycles. The Morgan fingerprint density at radius 1 is 1.14 bits per heavy atom. The molecule has 0 spiro atoms. The van der Waals surface area contributed by atoms with Crippen molar-refractivity contribution in [2.45, 2.75) is 20.3 Å². The van der Waals surface area contributed by atoms with E-state index in [1.165, 1.54) is 19.1 Å². The highest BCUT2D eigenvalue weighted by Gasteiger charge is 2.11. The van der Waals surface area contributed by atoms with E-state index in [0.717, 1.165) is 11.8 Å². The van der Waals surface area contributed by atoms with E-state index in [-0.39, 0.29) is 5.69 Å². The second kappa shape index (κ2) is 8.97. The van der Waals surface area contributed by atoms with Crippen LogP contribution in [-0.2, 0) is 4.79 Å². The van der Waals surface area contributed by atoms with E-state index in [9.17, 15) is 14.9 Å². The van der Waals surface area contributed by atoms with Crippen molar-refractivity contribution >= 4 is 34.7 Å². The summed E-state index contributed by atoms with van der Waals surface area (Å²) in [5, 5.41) is 11.9. The number of benzene rings is 2. The van der Waals surface area contributed by atoms with Crippen molar-refractivity contribution in [3.05, 3.63) is 69.9 Å². The molecule has 0 aliphatic rings. The van der Waals surface area contributed by atoms with Crippen molar-refractivity contribution in [1.29, 1.82) is 0 Å². The van der Waals surface area contributed by atoms with Crippen LogP contribution in [0.5, 0.6) is 11.5 Å². The lowest BCUT2D eigenvalue weighted by Crippen LogP contribution is -2.02. The summed E-state index contributed by atoms with van der Waals surface area (Å²) in [6.45, 7) is 3.84. The predicted molar refractivity (Wildman–Crippen MR) is 111 cm³/mol. The second-order valence-electron chi connectivity index (χ2n) is 6.32. The lowest BCUT2D eigenvalue weighted by Gasteiger charge is -2.08. The van der Waals surface area contributed by atoms with Gasteiger partial charge >= 0.3 is 5.97 Å². The van der Waals surface area contributed by atoms with Crippen LogP contribution in [0.1, 0.15) is 31.5 Å². The lowest BCUT2D eigenvalue weighted by atomic mass is 10.1. The summed E-state index contributed by atoms with van der Waals surface area (Å²) in [7, 11) is 0. The van der Waals surface area contributed by atoms with Gasteiger partial charge < -0.3 is 9.47 Å². The highest BCUT2D eigenvalue weighted by Crippen LogP contribution is 2.28. The van der Waals surface area contributed by atoms with Gasteiger partial charge in [0.15, 0.2) is 5.75 Å². The molecule has 3 rings (SSSR count). The highest BCUT2D eigenvalue weighted by molar-refractivity contribution is 5.88. The molecule has 0 saturated carbocycles. The topological polar surface area (TPSA) is 91.6 Å². The highest BCUT2D eigenvalue weighted by atomic mass is 16.6. The third-order valence-corrected chi connectivity index (χ3v) is 4.06. The van der Waals surface area contributed by atoms with Crippen LogP contribution in [0.25, 0.3) is 23.1 Å². The number of nitro benzene ring substituents is 1. The monoisotopic (exact) mass is 392 g/mol. The number of ether oxygens (including phenoxy) is 2. The molecular formula is C22H20N2O5. The van der Waals surface area contributed by atoms with Crippen LogP contribution in [0.15, 0.2) is 48.5 Å². The Hall–Kier alpha value is -3.74. The molecule has 0 N–H and O–H groups in total. The normalized spacial score (nSPS) is 11.0. The van der Waals surface area contributed by atoms with Crippen LogP contribution in [0.3, 0.4) is 0 Å². The summed E-state index contributed by atoms with van der Waals surface area (Å²) >= 11 is 0. The number of esters is 1. The van der Waals surface area contributed by atoms with E-state index in [1.54, 1.807) is 30.4 Å². The Morgan fingerprint density at radius 2 is 1.97 bits per heavy atom. The van der Waals surface area contributed by atoms with Crippen molar-refractivity contribution in [1.82, 2.24) is 4.98 Å². The molecule has 0 aliphatic carbocycles. The average molecular weight is 392 g/mol. The maximum Gasteiger partial charge on any atom is 0.308 e. The Bertz CT molecular complexity index is 1090. The van der Waals surface area contributed by atoms with E-state index in [0.29, 0.717) is 34.9 Å². The van der Waals surface area contributed by atoms with Gasteiger partial charge in [-0.3, -0.25) is 14.9 Å². The number of carbonyl (C=O) groups is 1. The number of hydrogen-bond donors (Lipinski definition) is 0. The zero-order valence-corrected chi connectivity index (χ0v) is 16.1. The molecule has 0 unspecified atom stereocenters. The van der Waals surface area contributed by atoms with Gasteiger partial charge in [-0.25, -0.2) is 4.98 Å². The standard InChI is InChI=1S/C22H20N2O5/c1-3-13-28-20-12-11-19(24(26)27)14-17(20)8-10-18-9-7-16-5-4-6-21(22(16)23-18)29-15(2)25/h4-12,14H,3,13H2,1-2H3/b10-8+. The molecule has 3 aromatic rings. The minimum atomic E-state index is -0.444. The summed E-state index contributed by atoms with van der Waals surface area (Å²) < 4.78 is 10.9. The summed E-state index contributed by atoms with van der Waals surface area (Å²) in [4.78, 5) is 26.6. The minimum Gasteiger partial charge on any atom is -0.493 e. The van der Waals surface area contributed by atoms with Crippen molar-refractivity contribution in [2.75, 3.05) is 6.61 Å². The van der Waals surface area contributed by atoms with E-state index in [1.807, 2.05) is 25.1 Å². The fourth-order valence-corrected chi connectivity index (χ4v) is 2.76. The average Bonchev–Trinajstić information content (AvgIpc) is 2.70.